The van der Waals surface area contributed by atoms with Crippen LogP contribution in [-0.2, 0) is 6.42 Å². The average Bonchev–Trinajstić information content (AvgIpc) is 2.58. The number of nitrogens with zero attached hydrogens (tertiary/aromatic N) is 1. The fraction of sp³-hybridized carbons (Fsp3) is 0.263. The molecule has 3 nitrogen and oxygen atoms in total. The van der Waals surface area contributed by atoms with Crippen LogP contribution in [0.25, 0.3) is 0 Å². The van der Waals surface area contributed by atoms with E-state index in [0.29, 0.717) is 11.5 Å². The molecule has 0 aromatic heterocycles. The summed E-state index contributed by atoms with van der Waals surface area (Å²) < 4.78 is 12.9. The van der Waals surface area contributed by atoms with Crippen molar-refractivity contribution in [3.8, 4) is 0 Å². The van der Waals surface area contributed by atoms with Crippen molar-refractivity contribution in [3.63, 3.8) is 0 Å². The van der Waals surface area contributed by atoms with E-state index in [4.69, 9.17) is 0 Å². The SMILES string of the molecule is O=C(CC1=NCC(Cc2ccccc2)CN1)c1ccc(F)cc1. The second kappa shape index (κ2) is 7.18. The zero-order valence-electron chi connectivity index (χ0n) is 12.8. The fourth-order valence-electron chi connectivity index (χ4n) is 2.71. The van der Waals surface area contributed by atoms with Crippen LogP contribution in [-0.4, -0.2) is 24.7 Å². The fourth-order valence-corrected chi connectivity index (χ4v) is 2.71. The van der Waals surface area contributed by atoms with Gasteiger partial charge in [0.1, 0.15) is 11.7 Å². The van der Waals surface area contributed by atoms with Gasteiger partial charge in [-0.1, -0.05) is 30.3 Å². The summed E-state index contributed by atoms with van der Waals surface area (Å²) in [5, 5.41) is 3.26. The number of Topliss-reactive ketones (excluding diaryl/α,β-unsaturated/α-hetero) is 1. The van der Waals surface area contributed by atoms with Crippen LogP contribution in [0.3, 0.4) is 0 Å². The summed E-state index contributed by atoms with van der Waals surface area (Å²) in [6, 6.07) is 16.0. The molecule has 1 unspecified atom stereocenters. The minimum Gasteiger partial charge on any atom is -0.373 e. The molecule has 3 rings (SSSR count). The number of hydrogen-bond acceptors (Lipinski definition) is 3. The molecule has 1 N–H and O–H groups in total. The Morgan fingerprint density at radius 1 is 1.13 bits per heavy atom. The lowest BCUT2D eigenvalue weighted by Crippen LogP contribution is -2.37. The van der Waals surface area contributed by atoms with Crippen LogP contribution < -0.4 is 5.32 Å². The van der Waals surface area contributed by atoms with E-state index in [-0.39, 0.29) is 18.0 Å². The zero-order chi connectivity index (χ0) is 16.1. The lowest BCUT2D eigenvalue weighted by Gasteiger charge is -2.23. The van der Waals surface area contributed by atoms with Gasteiger partial charge in [0, 0.05) is 18.7 Å². The van der Waals surface area contributed by atoms with Crippen LogP contribution in [0.1, 0.15) is 22.3 Å². The highest BCUT2D eigenvalue weighted by atomic mass is 19.1. The minimum absolute atomic E-state index is 0.0437. The van der Waals surface area contributed by atoms with Crippen LogP contribution in [0.15, 0.2) is 59.6 Å². The molecule has 1 aliphatic rings. The highest BCUT2D eigenvalue weighted by Crippen LogP contribution is 2.13. The third-order valence-corrected chi connectivity index (χ3v) is 4.00. The molecule has 2 aromatic carbocycles. The molecule has 0 aliphatic carbocycles. The van der Waals surface area contributed by atoms with Gasteiger partial charge in [-0.25, -0.2) is 4.39 Å². The predicted octanol–water partition coefficient (Wildman–Crippen LogP) is 3.26. The quantitative estimate of drug-likeness (QED) is 0.861. The van der Waals surface area contributed by atoms with Gasteiger partial charge in [0.05, 0.1) is 6.42 Å². The monoisotopic (exact) mass is 310 g/mol. The summed E-state index contributed by atoms with van der Waals surface area (Å²) in [4.78, 5) is 16.7. The first-order chi connectivity index (χ1) is 11.2. The Labute approximate surface area is 135 Å². The maximum absolute atomic E-state index is 12.9. The van der Waals surface area contributed by atoms with Gasteiger partial charge >= 0.3 is 0 Å². The molecule has 0 radical (unpaired) electrons. The van der Waals surface area contributed by atoms with E-state index in [2.05, 4.69) is 22.4 Å². The summed E-state index contributed by atoms with van der Waals surface area (Å²) in [5.74, 6) is 0.793. The van der Waals surface area contributed by atoms with Crippen molar-refractivity contribution in [2.24, 2.45) is 10.9 Å². The minimum atomic E-state index is -0.335. The Hall–Kier alpha value is -2.49. The normalized spacial score (nSPS) is 17.3. The van der Waals surface area contributed by atoms with Gasteiger partial charge in [0.15, 0.2) is 5.78 Å². The molecule has 0 fully saturated rings. The molecular weight excluding hydrogens is 291 g/mol. The van der Waals surface area contributed by atoms with Crippen LogP contribution in [0.2, 0.25) is 0 Å². The maximum Gasteiger partial charge on any atom is 0.170 e. The molecule has 4 heteroatoms. The van der Waals surface area contributed by atoms with Crippen molar-refractivity contribution in [1.29, 1.82) is 0 Å². The van der Waals surface area contributed by atoms with Crippen LogP contribution >= 0.6 is 0 Å². The number of ketones is 1. The van der Waals surface area contributed by atoms with Crippen molar-refractivity contribution >= 4 is 11.6 Å². The molecular formula is C19H19FN2O. The Balaban J connectivity index is 1.54. The van der Waals surface area contributed by atoms with E-state index >= 15 is 0 Å². The van der Waals surface area contributed by atoms with Crippen molar-refractivity contribution in [2.75, 3.05) is 13.1 Å². The van der Waals surface area contributed by atoms with E-state index in [1.165, 1.54) is 29.8 Å². The largest absolute Gasteiger partial charge is 0.373 e. The predicted molar refractivity (Wildman–Crippen MR) is 89.3 cm³/mol. The molecule has 118 valence electrons. The van der Waals surface area contributed by atoms with Crippen molar-refractivity contribution in [1.82, 2.24) is 5.32 Å². The summed E-state index contributed by atoms with van der Waals surface area (Å²) in [6.45, 7) is 1.55. The van der Waals surface area contributed by atoms with Crippen LogP contribution in [0.4, 0.5) is 4.39 Å². The number of carbonyl (C=O) groups excluding carboxylic acids is 1. The third kappa shape index (κ3) is 4.25. The zero-order valence-corrected chi connectivity index (χ0v) is 12.8. The molecule has 0 amide bonds. The summed E-state index contributed by atoms with van der Waals surface area (Å²) in [7, 11) is 0. The highest BCUT2D eigenvalue weighted by molar-refractivity contribution is 6.09. The molecule has 0 spiro atoms. The van der Waals surface area contributed by atoms with Crippen molar-refractivity contribution < 1.29 is 9.18 Å². The maximum atomic E-state index is 12.9. The van der Waals surface area contributed by atoms with E-state index in [1.807, 2.05) is 18.2 Å². The molecule has 0 bridgehead atoms. The Bertz CT molecular complexity index is 695. The summed E-state index contributed by atoms with van der Waals surface area (Å²) >= 11 is 0. The van der Waals surface area contributed by atoms with Gasteiger partial charge in [-0.05, 0) is 42.2 Å². The van der Waals surface area contributed by atoms with Gasteiger partial charge in [0.25, 0.3) is 0 Å². The number of carbonyl (C=O) groups is 1. The average molecular weight is 310 g/mol. The van der Waals surface area contributed by atoms with Gasteiger partial charge in [-0.2, -0.15) is 0 Å². The van der Waals surface area contributed by atoms with Gasteiger partial charge < -0.3 is 5.32 Å². The summed E-state index contributed by atoms with van der Waals surface area (Å²) in [6.07, 6.45) is 1.22. The first-order valence-electron chi connectivity index (χ1n) is 7.80. The number of halogens is 1. The standard InChI is InChI=1S/C19H19FN2O/c20-17-8-6-16(7-9-17)18(23)11-19-21-12-15(13-22-19)10-14-4-2-1-3-5-14/h1-9,15H,10-13H2,(H,21,22). The Morgan fingerprint density at radius 3 is 2.52 bits per heavy atom. The van der Waals surface area contributed by atoms with E-state index < -0.39 is 0 Å². The lowest BCUT2D eigenvalue weighted by atomic mass is 9.98. The van der Waals surface area contributed by atoms with Crippen molar-refractivity contribution in [2.45, 2.75) is 12.8 Å². The molecule has 0 saturated heterocycles. The van der Waals surface area contributed by atoms with E-state index in [9.17, 15) is 9.18 Å². The molecule has 0 saturated carbocycles. The van der Waals surface area contributed by atoms with Crippen LogP contribution in [0, 0.1) is 11.7 Å². The Kier molecular flexibility index (Phi) is 4.81. The molecule has 1 aliphatic heterocycles. The first-order valence-corrected chi connectivity index (χ1v) is 7.80. The number of benzene rings is 2. The molecule has 1 heterocycles. The molecule has 1 atom stereocenters. The number of nitrogens with one attached hydrogen (secondary N) is 1. The highest BCUT2D eigenvalue weighted by Gasteiger charge is 2.18. The number of rotatable bonds is 5. The first kappa shape index (κ1) is 15.4. The smallest absolute Gasteiger partial charge is 0.170 e. The topological polar surface area (TPSA) is 41.5 Å². The van der Waals surface area contributed by atoms with E-state index in [0.717, 1.165) is 25.3 Å². The lowest BCUT2D eigenvalue weighted by molar-refractivity contribution is 0.0999. The second-order valence-corrected chi connectivity index (χ2v) is 5.83. The van der Waals surface area contributed by atoms with Gasteiger partial charge in [0.2, 0.25) is 0 Å². The Morgan fingerprint density at radius 2 is 1.87 bits per heavy atom. The molecule has 23 heavy (non-hydrogen) atoms. The molecule has 2 aromatic rings. The second-order valence-electron chi connectivity index (χ2n) is 5.83. The van der Waals surface area contributed by atoms with Gasteiger partial charge in [-0.3, -0.25) is 9.79 Å². The van der Waals surface area contributed by atoms with Crippen molar-refractivity contribution in [3.05, 3.63) is 71.5 Å². The number of hydrogen-bond donors (Lipinski definition) is 1. The van der Waals surface area contributed by atoms with Gasteiger partial charge in [-0.15, -0.1) is 0 Å². The summed E-state index contributed by atoms with van der Waals surface area (Å²) in [5.41, 5.74) is 1.82. The third-order valence-electron chi connectivity index (χ3n) is 4.00. The van der Waals surface area contributed by atoms with E-state index in [1.54, 1.807) is 0 Å². The number of amidine groups is 1. The number of aliphatic imine (C=N–C) groups is 1. The van der Waals surface area contributed by atoms with Crippen LogP contribution in [0.5, 0.6) is 0 Å².